The first kappa shape index (κ1) is 10.8. The molecule has 1 aliphatic carbocycles. The first-order valence-electron chi connectivity index (χ1n) is 4.94. The zero-order valence-corrected chi connectivity index (χ0v) is 9.16. The molecule has 0 saturated heterocycles. The normalized spacial score (nSPS) is 19.8. The Bertz CT molecular complexity index is 346. The van der Waals surface area contributed by atoms with Gasteiger partial charge >= 0.3 is 0 Å². The molecule has 0 heterocycles. The fourth-order valence-corrected chi connectivity index (χ4v) is 2.04. The summed E-state index contributed by atoms with van der Waals surface area (Å²) in [6, 6.07) is 9.76. The Hall–Kier alpha value is -0.710. The van der Waals surface area contributed by atoms with E-state index in [9.17, 15) is 8.76 Å². The molecule has 0 amide bonds. The molecule has 2 rings (SSSR count). The summed E-state index contributed by atoms with van der Waals surface area (Å²) in [6.45, 7) is 0.803. The van der Waals surface area contributed by atoms with Gasteiger partial charge in [-0.25, -0.2) is 0 Å². The van der Waals surface area contributed by atoms with Crippen LogP contribution in [0.25, 0.3) is 0 Å². The third-order valence-electron chi connectivity index (χ3n) is 2.64. The van der Waals surface area contributed by atoms with Crippen molar-refractivity contribution in [2.24, 2.45) is 0 Å². The van der Waals surface area contributed by atoms with Crippen molar-refractivity contribution in [3.8, 4) is 0 Å². The van der Waals surface area contributed by atoms with Gasteiger partial charge in [0, 0.05) is 0 Å². The van der Waals surface area contributed by atoms with Crippen molar-refractivity contribution in [1.29, 1.82) is 0 Å². The van der Waals surface area contributed by atoms with Crippen molar-refractivity contribution in [3.05, 3.63) is 35.9 Å². The Morgan fingerprint density at radius 2 is 2.00 bits per heavy atom. The highest BCUT2D eigenvalue weighted by molar-refractivity contribution is 7.81. The predicted molar refractivity (Wildman–Crippen MR) is 57.0 cm³/mol. The van der Waals surface area contributed by atoms with Crippen molar-refractivity contribution in [2.75, 3.05) is 6.61 Å². The minimum Gasteiger partial charge on any atom is -0.772 e. The Morgan fingerprint density at radius 3 is 2.53 bits per heavy atom. The third-order valence-corrected chi connectivity index (χ3v) is 3.87. The number of hydrogen-bond acceptors (Lipinski definition) is 3. The summed E-state index contributed by atoms with van der Waals surface area (Å²) >= 11 is -2.00. The van der Waals surface area contributed by atoms with Crippen LogP contribution in [-0.2, 0) is 22.4 Å². The minimum absolute atomic E-state index is 0.317. The smallest absolute Gasteiger partial charge is 0.0717 e. The van der Waals surface area contributed by atoms with E-state index in [-0.39, 0.29) is 0 Å². The molecule has 15 heavy (non-hydrogen) atoms. The maximum atomic E-state index is 10.8. The van der Waals surface area contributed by atoms with Crippen LogP contribution in [0, 0.1) is 0 Å². The fourth-order valence-electron chi connectivity index (χ4n) is 1.43. The molecule has 82 valence electrons. The van der Waals surface area contributed by atoms with Crippen LogP contribution >= 0.6 is 0 Å². The van der Waals surface area contributed by atoms with Gasteiger partial charge in [0.25, 0.3) is 0 Å². The second-order valence-electron chi connectivity index (χ2n) is 3.90. The van der Waals surface area contributed by atoms with Crippen LogP contribution in [0.2, 0.25) is 0 Å². The topological polar surface area (TPSA) is 49.4 Å². The predicted octanol–water partition coefficient (Wildman–Crippen LogP) is 1.61. The summed E-state index contributed by atoms with van der Waals surface area (Å²) in [5.74, 6) is 0. The summed E-state index contributed by atoms with van der Waals surface area (Å²) < 4.78 is 26.5. The molecule has 1 saturated carbocycles. The molecular weight excluding hydrogens is 212 g/mol. The molecular formula is C11H13O3S-. The average molecular weight is 225 g/mol. The number of benzene rings is 1. The van der Waals surface area contributed by atoms with E-state index in [2.05, 4.69) is 0 Å². The molecule has 1 aromatic carbocycles. The van der Waals surface area contributed by atoms with Gasteiger partial charge in [0.2, 0.25) is 0 Å². The van der Waals surface area contributed by atoms with Gasteiger partial charge in [-0.05, 0) is 29.5 Å². The van der Waals surface area contributed by atoms with E-state index >= 15 is 0 Å². The maximum absolute atomic E-state index is 10.8. The van der Waals surface area contributed by atoms with Crippen LogP contribution in [0.3, 0.4) is 0 Å². The Kier molecular flexibility index (Phi) is 3.19. The maximum Gasteiger partial charge on any atom is 0.0717 e. The highest BCUT2D eigenvalue weighted by Crippen LogP contribution is 2.41. The minimum atomic E-state index is -2.00. The van der Waals surface area contributed by atoms with E-state index in [1.54, 1.807) is 0 Å². The van der Waals surface area contributed by atoms with Crippen LogP contribution < -0.4 is 0 Å². The van der Waals surface area contributed by atoms with Gasteiger partial charge in [0.1, 0.15) is 0 Å². The lowest BCUT2D eigenvalue weighted by Crippen LogP contribution is -2.23. The van der Waals surface area contributed by atoms with Crippen molar-refractivity contribution in [2.45, 2.75) is 24.2 Å². The fraction of sp³-hybridized carbons (Fsp3) is 0.455. The first-order valence-corrected chi connectivity index (χ1v) is 6.01. The van der Waals surface area contributed by atoms with Crippen LogP contribution in [0.5, 0.6) is 0 Å². The van der Waals surface area contributed by atoms with Crippen molar-refractivity contribution < 1.29 is 13.5 Å². The van der Waals surface area contributed by atoms with Crippen LogP contribution in [0.4, 0.5) is 0 Å². The van der Waals surface area contributed by atoms with Gasteiger partial charge in [-0.1, -0.05) is 30.3 Å². The monoisotopic (exact) mass is 225 g/mol. The summed E-state index contributed by atoms with van der Waals surface area (Å²) in [6.07, 6.45) is 1.47. The molecule has 0 aliphatic heterocycles. The number of ether oxygens (including phenoxy) is 1. The summed E-state index contributed by atoms with van der Waals surface area (Å²) in [5.41, 5.74) is 1.07. The molecule has 1 aliphatic rings. The molecule has 1 atom stereocenters. The largest absolute Gasteiger partial charge is 0.772 e. The lowest BCUT2D eigenvalue weighted by molar-refractivity contribution is 0.116. The first-order chi connectivity index (χ1) is 7.23. The Labute approximate surface area is 91.7 Å². The molecule has 0 N–H and O–H groups in total. The highest BCUT2D eigenvalue weighted by Gasteiger charge is 2.44. The van der Waals surface area contributed by atoms with Crippen molar-refractivity contribution in [3.63, 3.8) is 0 Å². The van der Waals surface area contributed by atoms with Crippen LogP contribution in [-0.4, -0.2) is 20.1 Å². The SMILES string of the molecule is O=S([O-])C1(COCc2ccccc2)CC1. The Balaban J connectivity index is 1.79. The summed E-state index contributed by atoms with van der Waals surface area (Å²) in [7, 11) is 0. The second-order valence-corrected chi connectivity index (χ2v) is 5.23. The van der Waals surface area contributed by atoms with E-state index in [1.807, 2.05) is 30.3 Å². The van der Waals surface area contributed by atoms with Gasteiger partial charge in [0.05, 0.1) is 18.0 Å². The number of hydrogen-bond donors (Lipinski definition) is 0. The molecule has 1 unspecified atom stereocenters. The molecule has 3 nitrogen and oxygen atoms in total. The van der Waals surface area contributed by atoms with Gasteiger partial charge < -0.3 is 9.29 Å². The molecule has 0 aromatic heterocycles. The van der Waals surface area contributed by atoms with Crippen LogP contribution in [0.15, 0.2) is 30.3 Å². The zero-order valence-electron chi connectivity index (χ0n) is 8.35. The van der Waals surface area contributed by atoms with Crippen molar-refractivity contribution >= 4 is 11.1 Å². The second kappa shape index (κ2) is 4.43. The van der Waals surface area contributed by atoms with E-state index in [4.69, 9.17) is 4.74 Å². The lowest BCUT2D eigenvalue weighted by Gasteiger charge is -2.18. The average Bonchev–Trinajstić information content (AvgIpc) is 3.01. The Morgan fingerprint density at radius 1 is 1.33 bits per heavy atom. The number of rotatable bonds is 5. The van der Waals surface area contributed by atoms with Gasteiger partial charge in [0.15, 0.2) is 0 Å². The van der Waals surface area contributed by atoms with Gasteiger partial charge in [-0.3, -0.25) is 4.21 Å². The molecule has 0 spiro atoms. The zero-order chi connectivity index (χ0) is 10.7. The van der Waals surface area contributed by atoms with E-state index < -0.39 is 15.8 Å². The lowest BCUT2D eigenvalue weighted by atomic mass is 10.2. The summed E-state index contributed by atoms with van der Waals surface area (Å²) in [5, 5.41) is 0. The quantitative estimate of drug-likeness (QED) is 0.715. The molecule has 1 aromatic rings. The molecule has 1 fully saturated rings. The standard InChI is InChI=1S/C11H14O3S/c12-15(13)11(6-7-11)9-14-8-10-4-2-1-3-5-10/h1-5H,6-9H2,(H,12,13)/p-1. The van der Waals surface area contributed by atoms with Gasteiger partial charge in [-0.15, -0.1) is 0 Å². The van der Waals surface area contributed by atoms with Crippen LogP contribution in [0.1, 0.15) is 18.4 Å². The highest BCUT2D eigenvalue weighted by atomic mass is 32.2. The molecule has 0 radical (unpaired) electrons. The van der Waals surface area contributed by atoms with E-state index in [0.29, 0.717) is 13.2 Å². The molecule has 0 bridgehead atoms. The summed E-state index contributed by atoms with van der Waals surface area (Å²) in [4.78, 5) is 0. The molecule has 4 heteroatoms. The van der Waals surface area contributed by atoms with Crippen molar-refractivity contribution in [1.82, 2.24) is 0 Å². The third kappa shape index (κ3) is 2.65. The van der Waals surface area contributed by atoms with E-state index in [1.165, 1.54) is 0 Å². The van der Waals surface area contributed by atoms with Gasteiger partial charge in [-0.2, -0.15) is 0 Å². The van der Waals surface area contributed by atoms with E-state index in [0.717, 1.165) is 18.4 Å².